The molecule has 1 heterocycles. The maximum Gasteiger partial charge on any atom is 0.265 e. The van der Waals surface area contributed by atoms with Crippen LogP contribution < -0.4 is 10.2 Å². The molecule has 0 spiro atoms. The van der Waals surface area contributed by atoms with E-state index in [-0.39, 0.29) is 5.91 Å². The molecule has 2 rings (SSSR count). The third-order valence-corrected chi connectivity index (χ3v) is 4.06. The standard InChI is InChI=1S/C13H13BrN2OS/c1-16(2)10-5-3-9(4-6-10)15-13(17)11-7-8-12(14)18-11/h3-8H,1-2H3,(H,15,17). The highest BCUT2D eigenvalue weighted by atomic mass is 79.9. The minimum Gasteiger partial charge on any atom is -0.378 e. The van der Waals surface area contributed by atoms with Gasteiger partial charge in [0.1, 0.15) is 0 Å². The second kappa shape index (κ2) is 5.54. The molecule has 0 aliphatic carbocycles. The van der Waals surface area contributed by atoms with E-state index >= 15 is 0 Å². The number of anilines is 2. The van der Waals surface area contributed by atoms with E-state index in [0.29, 0.717) is 4.88 Å². The molecule has 94 valence electrons. The lowest BCUT2D eigenvalue weighted by Crippen LogP contribution is -2.11. The first-order valence-corrected chi connectivity index (χ1v) is 7.01. The van der Waals surface area contributed by atoms with Gasteiger partial charge >= 0.3 is 0 Å². The van der Waals surface area contributed by atoms with E-state index in [9.17, 15) is 4.79 Å². The second-order valence-electron chi connectivity index (χ2n) is 4.00. The Balaban J connectivity index is 2.07. The molecule has 0 aliphatic rings. The average Bonchev–Trinajstić information content (AvgIpc) is 2.76. The highest BCUT2D eigenvalue weighted by molar-refractivity contribution is 9.11. The van der Waals surface area contributed by atoms with Crippen molar-refractivity contribution in [3.05, 3.63) is 45.1 Å². The zero-order valence-corrected chi connectivity index (χ0v) is 12.5. The van der Waals surface area contributed by atoms with Crippen molar-refractivity contribution in [1.82, 2.24) is 0 Å². The van der Waals surface area contributed by atoms with E-state index in [4.69, 9.17) is 0 Å². The van der Waals surface area contributed by atoms with Crippen molar-refractivity contribution in [2.24, 2.45) is 0 Å². The number of carbonyl (C=O) groups excluding carboxylic acids is 1. The number of nitrogens with one attached hydrogen (secondary N) is 1. The number of carbonyl (C=O) groups is 1. The zero-order chi connectivity index (χ0) is 13.1. The van der Waals surface area contributed by atoms with Crippen LogP contribution in [0.4, 0.5) is 11.4 Å². The molecule has 18 heavy (non-hydrogen) atoms. The van der Waals surface area contributed by atoms with E-state index in [1.807, 2.05) is 49.3 Å². The lowest BCUT2D eigenvalue weighted by atomic mass is 10.2. The monoisotopic (exact) mass is 324 g/mol. The van der Waals surface area contributed by atoms with Crippen LogP contribution in [0.25, 0.3) is 0 Å². The second-order valence-corrected chi connectivity index (χ2v) is 6.46. The molecule has 0 aliphatic heterocycles. The molecule has 5 heteroatoms. The highest BCUT2D eigenvalue weighted by Crippen LogP contribution is 2.23. The zero-order valence-electron chi connectivity index (χ0n) is 10.1. The van der Waals surface area contributed by atoms with Gasteiger partial charge in [0.25, 0.3) is 5.91 Å². The minimum atomic E-state index is -0.0803. The summed E-state index contributed by atoms with van der Waals surface area (Å²) in [5.74, 6) is -0.0803. The predicted molar refractivity (Wildman–Crippen MR) is 80.7 cm³/mol. The van der Waals surface area contributed by atoms with Gasteiger partial charge in [-0.3, -0.25) is 4.79 Å². The van der Waals surface area contributed by atoms with Crippen LogP contribution in [-0.2, 0) is 0 Å². The molecule has 3 nitrogen and oxygen atoms in total. The van der Waals surface area contributed by atoms with Gasteiger partial charge in [-0.2, -0.15) is 0 Å². The van der Waals surface area contributed by atoms with Crippen molar-refractivity contribution >= 4 is 44.5 Å². The Kier molecular flexibility index (Phi) is 4.04. The fourth-order valence-corrected chi connectivity index (χ4v) is 2.75. The third-order valence-electron chi connectivity index (χ3n) is 2.44. The molecule has 0 saturated carbocycles. The van der Waals surface area contributed by atoms with Crippen molar-refractivity contribution in [2.75, 3.05) is 24.3 Å². The van der Waals surface area contributed by atoms with Gasteiger partial charge in [-0.25, -0.2) is 0 Å². The first kappa shape index (κ1) is 13.1. The van der Waals surface area contributed by atoms with Gasteiger partial charge in [0, 0.05) is 25.5 Å². The minimum absolute atomic E-state index is 0.0803. The smallest absolute Gasteiger partial charge is 0.265 e. The largest absolute Gasteiger partial charge is 0.378 e. The van der Waals surface area contributed by atoms with Crippen LogP contribution in [0, 0.1) is 0 Å². The number of halogens is 1. The van der Waals surface area contributed by atoms with Crippen molar-refractivity contribution < 1.29 is 4.79 Å². The Morgan fingerprint density at radius 2 is 1.83 bits per heavy atom. The summed E-state index contributed by atoms with van der Waals surface area (Å²) in [5, 5.41) is 2.87. The molecular weight excluding hydrogens is 312 g/mol. The highest BCUT2D eigenvalue weighted by Gasteiger charge is 2.08. The molecule has 0 bridgehead atoms. The number of hydrogen-bond acceptors (Lipinski definition) is 3. The van der Waals surface area contributed by atoms with Crippen LogP contribution in [0.1, 0.15) is 9.67 Å². The molecule has 0 radical (unpaired) electrons. The summed E-state index contributed by atoms with van der Waals surface area (Å²) in [6.07, 6.45) is 0. The predicted octanol–water partition coefficient (Wildman–Crippen LogP) is 3.83. The van der Waals surface area contributed by atoms with Crippen LogP contribution in [0.15, 0.2) is 40.2 Å². The molecular formula is C13H13BrN2OS. The maximum absolute atomic E-state index is 11.9. The Hall–Kier alpha value is -1.33. The average molecular weight is 325 g/mol. The summed E-state index contributed by atoms with van der Waals surface area (Å²) in [6.45, 7) is 0. The number of thiophene rings is 1. The maximum atomic E-state index is 11.9. The third kappa shape index (κ3) is 3.11. The number of nitrogens with zero attached hydrogens (tertiary/aromatic N) is 1. The molecule has 1 aromatic carbocycles. The number of hydrogen-bond donors (Lipinski definition) is 1. The van der Waals surface area contributed by atoms with Crippen LogP contribution in [0.2, 0.25) is 0 Å². The topological polar surface area (TPSA) is 32.3 Å². The van der Waals surface area contributed by atoms with Crippen LogP contribution >= 0.6 is 27.3 Å². The normalized spacial score (nSPS) is 10.2. The lowest BCUT2D eigenvalue weighted by molar-refractivity contribution is 0.103. The van der Waals surface area contributed by atoms with Gasteiger partial charge in [-0.15, -0.1) is 11.3 Å². The summed E-state index contributed by atoms with van der Waals surface area (Å²) >= 11 is 4.76. The molecule has 1 aromatic heterocycles. The summed E-state index contributed by atoms with van der Waals surface area (Å²) < 4.78 is 0.954. The van der Waals surface area contributed by atoms with Crippen molar-refractivity contribution in [3.8, 4) is 0 Å². The number of amides is 1. The number of rotatable bonds is 3. The van der Waals surface area contributed by atoms with Crippen molar-refractivity contribution in [1.29, 1.82) is 0 Å². The summed E-state index contributed by atoms with van der Waals surface area (Å²) in [6, 6.07) is 11.4. The van der Waals surface area contributed by atoms with Crippen molar-refractivity contribution in [3.63, 3.8) is 0 Å². The summed E-state index contributed by atoms with van der Waals surface area (Å²) in [7, 11) is 3.97. The lowest BCUT2D eigenvalue weighted by Gasteiger charge is -2.12. The Labute approximate surface area is 119 Å². The Bertz CT molecular complexity index is 548. The van der Waals surface area contributed by atoms with Gasteiger partial charge in [-0.1, -0.05) is 0 Å². The Morgan fingerprint density at radius 1 is 1.17 bits per heavy atom. The van der Waals surface area contributed by atoms with Crippen molar-refractivity contribution in [2.45, 2.75) is 0 Å². The van der Waals surface area contributed by atoms with Crippen LogP contribution in [-0.4, -0.2) is 20.0 Å². The van der Waals surface area contributed by atoms with E-state index < -0.39 is 0 Å². The fraction of sp³-hybridized carbons (Fsp3) is 0.154. The number of benzene rings is 1. The molecule has 1 N–H and O–H groups in total. The summed E-state index contributed by atoms with van der Waals surface area (Å²) in [4.78, 5) is 14.6. The van der Waals surface area contributed by atoms with E-state index in [0.717, 1.165) is 15.2 Å². The molecule has 0 atom stereocenters. The van der Waals surface area contributed by atoms with E-state index in [2.05, 4.69) is 21.2 Å². The quantitative estimate of drug-likeness (QED) is 0.930. The van der Waals surface area contributed by atoms with Gasteiger partial charge < -0.3 is 10.2 Å². The first-order chi connectivity index (χ1) is 8.56. The molecule has 2 aromatic rings. The molecule has 0 fully saturated rings. The Morgan fingerprint density at radius 3 is 2.33 bits per heavy atom. The van der Waals surface area contributed by atoms with Gasteiger partial charge in [0.05, 0.1) is 8.66 Å². The first-order valence-electron chi connectivity index (χ1n) is 5.40. The molecule has 1 amide bonds. The van der Waals surface area contributed by atoms with Crippen LogP contribution in [0.5, 0.6) is 0 Å². The van der Waals surface area contributed by atoms with Gasteiger partial charge in [-0.05, 0) is 52.3 Å². The van der Waals surface area contributed by atoms with E-state index in [1.54, 1.807) is 6.07 Å². The molecule has 0 saturated heterocycles. The SMILES string of the molecule is CN(C)c1ccc(NC(=O)c2ccc(Br)s2)cc1. The summed E-state index contributed by atoms with van der Waals surface area (Å²) in [5.41, 5.74) is 1.90. The fourth-order valence-electron chi connectivity index (χ4n) is 1.47. The molecule has 0 unspecified atom stereocenters. The van der Waals surface area contributed by atoms with Gasteiger partial charge in [0.2, 0.25) is 0 Å². The van der Waals surface area contributed by atoms with Gasteiger partial charge in [0.15, 0.2) is 0 Å². The van der Waals surface area contributed by atoms with E-state index in [1.165, 1.54) is 11.3 Å². The van der Waals surface area contributed by atoms with Crippen LogP contribution in [0.3, 0.4) is 0 Å².